The number of hydrogen-bond acceptors (Lipinski definition) is 4. The highest BCUT2D eigenvalue weighted by Gasteiger charge is 2.39. The van der Waals surface area contributed by atoms with Crippen LogP contribution in [0.2, 0.25) is 0 Å². The molecule has 2 N–H and O–H groups in total. The first-order valence-electron chi connectivity index (χ1n) is 7.74. The lowest BCUT2D eigenvalue weighted by Crippen LogP contribution is -2.45. The summed E-state index contributed by atoms with van der Waals surface area (Å²) in [5.74, 6) is 1.01. The van der Waals surface area contributed by atoms with E-state index in [4.69, 9.17) is 9.47 Å². The molecule has 0 amide bonds. The molecule has 116 valence electrons. The van der Waals surface area contributed by atoms with Crippen LogP contribution in [0, 0.1) is 0 Å². The summed E-state index contributed by atoms with van der Waals surface area (Å²) >= 11 is 0. The van der Waals surface area contributed by atoms with Gasteiger partial charge in [0.25, 0.3) is 0 Å². The lowest BCUT2D eigenvalue weighted by molar-refractivity contribution is -0.0263. The van der Waals surface area contributed by atoms with Crippen LogP contribution in [0.5, 0.6) is 5.75 Å². The molecule has 3 rings (SSSR count). The monoisotopic (exact) mass is 291 g/mol. The molecule has 2 aliphatic rings. The quantitative estimate of drug-likeness (QED) is 0.891. The number of benzene rings is 1. The Morgan fingerprint density at radius 1 is 1.38 bits per heavy atom. The Balaban J connectivity index is 1.64. The molecule has 4 nitrogen and oxygen atoms in total. The van der Waals surface area contributed by atoms with Gasteiger partial charge in [-0.25, -0.2) is 0 Å². The van der Waals surface area contributed by atoms with Crippen molar-refractivity contribution in [2.24, 2.45) is 0 Å². The lowest BCUT2D eigenvalue weighted by atomic mass is 9.96. The summed E-state index contributed by atoms with van der Waals surface area (Å²) < 4.78 is 11.5. The smallest absolute Gasteiger partial charge is 0.127 e. The largest absolute Gasteiger partial charge is 0.487 e. The first-order valence-corrected chi connectivity index (χ1v) is 7.74. The van der Waals surface area contributed by atoms with E-state index in [1.165, 1.54) is 5.56 Å². The molecular weight excluding hydrogens is 266 g/mol. The SMILES string of the molecule is CC1OCCC1(O)CNCc1cccc2c1OC(C)(C)C2. The van der Waals surface area contributed by atoms with Gasteiger partial charge in [0, 0.05) is 38.1 Å². The highest BCUT2D eigenvalue weighted by Crippen LogP contribution is 2.37. The van der Waals surface area contributed by atoms with Crippen molar-refractivity contribution >= 4 is 0 Å². The molecule has 1 saturated heterocycles. The third-order valence-electron chi connectivity index (χ3n) is 4.58. The van der Waals surface area contributed by atoms with Crippen molar-refractivity contribution in [3.05, 3.63) is 29.3 Å². The maximum Gasteiger partial charge on any atom is 0.127 e. The van der Waals surface area contributed by atoms with Gasteiger partial charge in [-0.15, -0.1) is 0 Å². The van der Waals surface area contributed by atoms with Crippen molar-refractivity contribution in [2.75, 3.05) is 13.2 Å². The number of ether oxygens (including phenoxy) is 2. The summed E-state index contributed by atoms with van der Waals surface area (Å²) in [7, 11) is 0. The second kappa shape index (κ2) is 5.27. The van der Waals surface area contributed by atoms with Crippen LogP contribution in [0.1, 0.15) is 38.3 Å². The van der Waals surface area contributed by atoms with E-state index in [1.54, 1.807) is 0 Å². The van der Waals surface area contributed by atoms with E-state index in [2.05, 4.69) is 37.4 Å². The maximum atomic E-state index is 10.5. The zero-order valence-corrected chi connectivity index (χ0v) is 13.1. The molecule has 0 spiro atoms. The minimum atomic E-state index is -0.752. The summed E-state index contributed by atoms with van der Waals surface area (Å²) in [4.78, 5) is 0. The molecule has 2 atom stereocenters. The van der Waals surface area contributed by atoms with Gasteiger partial charge in [-0.2, -0.15) is 0 Å². The van der Waals surface area contributed by atoms with Crippen LogP contribution >= 0.6 is 0 Å². The Morgan fingerprint density at radius 3 is 2.90 bits per heavy atom. The first-order chi connectivity index (χ1) is 9.90. The molecule has 2 unspecified atom stereocenters. The number of hydrogen-bond donors (Lipinski definition) is 2. The van der Waals surface area contributed by atoms with E-state index in [0.717, 1.165) is 17.7 Å². The van der Waals surface area contributed by atoms with Crippen LogP contribution in [0.4, 0.5) is 0 Å². The molecule has 2 aliphatic heterocycles. The van der Waals surface area contributed by atoms with Crippen LogP contribution in [0.3, 0.4) is 0 Å². The van der Waals surface area contributed by atoms with Crippen molar-refractivity contribution < 1.29 is 14.6 Å². The molecule has 0 aromatic heterocycles. The first kappa shape index (κ1) is 14.8. The summed E-state index contributed by atoms with van der Waals surface area (Å²) in [6.07, 6.45) is 1.53. The summed E-state index contributed by atoms with van der Waals surface area (Å²) in [5.41, 5.74) is 1.56. The predicted octanol–water partition coefficient (Wildman–Crippen LogP) is 2.03. The molecule has 1 fully saturated rings. The Kier molecular flexibility index (Phi) is 3.72. The van der Waals surface area contributed by atoms with Gasteiger partial charge in [0.15, 0.2) is 0 Å². The average Bonchev–Trinajstić information content (AvgIpc) is 2.89. The van der Waals surface area contributed by atoms with Gasteiger partial charge in [-0.1, -0.05) is 18.2 Å². The van der Waals surface area contributed by atoms with Crippen LogP contribution in [-0.4, -0.2) is 35.6 Å². The van der Waals surface area contributed by atoms with E-state index in [9.17, 15) is 5.11 Å². The highest BCUT2D eigenvalue weighted by atomic mass is 16.5. The standard InChI is InChI=1S/C17H25NO3/c1-12-17(19,7-8-20-12)11-18-10-14-6-4-5-13-9-16(2,3)21-15(13)14/h4-6,12,18-19H,7-11H2,1-3H3. The van der Waals surface area contributed by atoms with Gasteiger partial charge >= 0.3 is 0 Å². The third-order valence-corrected chi connectivity index (χ3v) is 4.58. The van der Waals surface area contributed by atoms with Crippen molar-refractivity contribution in [1.29, 1.82) is 0 Å². The van der Waals surface area contributed by atoms with Gasteiger partial charge in [-0.3, -0.25) is 0 Å². The van der Waals surface area contributed by atoms with Crippen molar-refractivity contribution in [2.45, 2.75) is 57.5 Å². The third kappa shape index (κ3) is 2.93. The summed E-state index contributed by atoms with van der Waals surface area (Å²) in [5, 5.41) is 13.9. The molecular formula is C17H25NO3. The Bertz CT molecular complexity index is 529. The Hall–Kier alpha value is -1.10. The zero-order chi connectivity index (χ0) is 15.1. The second-order valence-electron chi connectivity index (χ2n) is 6.91. The average molecular weight is 291 g/mol. The van der Waals surface area contributed by atoms with Crippen LogP contribution in [0.25, 0.3) is 0 Å². The van der Waals surface area contributed by atoms with Gasteiger partial charge in [0.05, 0.1) is 6.10 Å². The number of rotatable bonds is 4. The predicted molar refractivity (Wildman–Crippen MR) is 81.5 cm³/mol. The topological polar surface area (TPSA) is 50.7 Å². The molecule has 0 bridgehead atoms. The molecule has 21 heavy (non-hydrogen) atoms. The summed E-state index contributed by atoms with van der Waals surface area (Å²) in [6.45, 7) is 8.04. The van der Waals surface area contributed by atoms with Crippen molar-refractivity contribution in [3.63, 3.8) is 0 Å². The Morgan fingerprint density at radius 2 is 2.19 bits per heavy atom. The van der Waals surface area contributed by atoms with Crippen molar-refractivity contribution in [1.82, 2.24) is 5.32 Å². The van der Waals surface area contributed by atoms with E-state index < -0.39 is 5.60 Å². The molecule has 2 heterocycles. The maximum absolute atomic E-state index is 10.5. The minimum Gasteiger partial charge on any atom is -0.487 e. The fourth-order valence-corrected chi connectivity index (χ4v) is 3.24. The Labute approximate surface area is 126 Å². The zero-order valence-electron chi connectivity index (χ0n) is 13.1. The normalized spacial score (nSPS) is 30.2. The minimum absolute atomic E-state index is 0.110. The molecule has 4 heteroatoms. The van der Waals surface area contributed by atoms with Gasteiger partial charge < -0.3 is 19.9 Å². The van der Waals surface area contributed by atoms with E-state index in [1.807, 2.05) is 6.92 Å². The number of fused-ring (bicyclic) bond motifs is 1. The number of para-hydroxylation sites is 1. The number of nitrogens with one attached hydrogen (secondary N) is 1. The van der Waals surface area contributed by atoms with Gasteiger partial charge in [-0.05, 0) is 26.3 Å². The highest BCUT2D eigenvalue weighted by molar-refractivity contribution is 5.45. The van der Waals surface area contributed by atoms with Gasteiger partial charge in [0.1, 0.15) is 17.0 Å². The molecule has 1 aromatic carbocycles. The second-order valence-corrected chi connectivity index (χ2v) is 6.91. The fourth-order valence-electron chi connectivity index (χ4n) is 3.24. The number of aliphatic hydroxyl groups is 1. The van der Waals surface area contributed by atoms with Crippen molar-refractivity contribution in [3.8, 4) is 5.75 Å². The van der Waals surface area contributed by atoms with E-state index in [0.29, 0.717) is 26.1 Å². The van der Waals surface area contributed by atoms with E-state index in [-0.39, 0.29) is 11.7 Å². The molecule has 0 aliphatic carbocycles. The van der Waals surface area contributed by atoms with E-state index >= 15 is 0 Å². The van der Waals surface area contributed by atoms with Crippen LogP contribution in [-0.2, 0) is 17.7 Å². The summed E-state index contributed by atoms with van der Waals surface area (Å²) in [6, 6.07) is 6.30. The van der Waals surface area contributed by atoms with Crippen LogP contribution < -0.4 is 10.1 Å². The van der Waals surface area contributed by atoms with Gasteiger partial charge in [0.2, 0.25) is 0 Å². The molecule has 0 saturated carbocycles. The molecule has 0 radical (unpaired) electrons. The molecule has 1 aromatic rings. The van der Waals surface area contributed by atoms with Crippen LogP contribution in [0.15, 0.2) is 18.2 Å². The lowest BCUT2D eigenvalue weighted by Gasteiger charge is -2.26. The fraction of sp³-hybridized carbons (Fsp3) is 0.647.